The summed E-state index contributed by atoms with van der Waals surface area (Å²) in [5.74, 6) is -0.753. The van der Waals surface area contributed by atoms with Crippen molar-refractivity contribution in [3.8, 4) is 17.2 Å². The first kappa shape index (κ1) is 43.7. The number of anilines is 1. The smallest absolute Gasteiger partial charge is 0.416 e. The van der Waals surface area contributed by atoms with Crippen LogP contribution in [0, 0.1) is 15.5 Å². The van der Waals surface area contributed by atoms with Gasteiger partial charge in [-0.3, -0.25) is 19.8 Å². The van der Waals surface area contributed by atoms with Crippen molar-refractivity contribution in [1.82, 2.24) is 19.6 Å². The van der Waals surface area contributed by atoms with E-state index in [0.717, 1.165) is 65.7 Å². The Balaban J connectivity index is 1.01. The predicted octanol–water partition coefficient (Wildman–Crippen LogP) is 8.74. The van der Waals surface area contributed by atoms with Gasteiger partial charge in [0.2, 0.25) is 0 Å². The normalized spacial score (nSPS) is 17.8. The van der Waals surface area contributed by atoms with Crippen molar-refractivity contribution >= 4 is 43.9 Å². The molecule has 2 N–H and O–H groups in total. The van der Waals surface area contributed by atoms with Gasteiger partial charge in [0, 0.05) is 75.0 Å². The molecular weight excluding hydrogens is 842 g/mol. The van der Waals surface area contributed by atoms with Crippen molar-refractivity contribution in [2.45, 2.75) is 63.1 Å². The molecule has 2 fully saturated rings. The summed E-state index contributed by atoms with van der Waals surface area (Å²) in [6.45, 7) is 8.52. The van der Waals surface area contributed by atoms with E-state index in [0.29, 0.717) is 70.2 Å². The Morgan fingerprint density at radius 3 is 2.46 bits per heavy atom. The van der Waals surface area contributed by atoms with Crippen molar-refractivity contribution < 1.29 is 45.5 Å². The molecular formula is C45H47F3N6O8S. The molecule has 3 aromatic carbocycles. The van der Waals surface area contributed by atoms with Crippen LogP contribution < -0.4 is 19.1 Å². The standard InChI is InChI=1S/C45H47F3N6O8S/c1-44(2)15-11-31(38(26-44)29-3-5-32(6-4-29)45(46,47)48)28-52-17-19-53(20-18-52)33-7-9-37(41(24-33)62-35-23-30-12-16-49-42(30)50-27-35)43(55)51-63(58,59)36-8-10-40(39(25-36)54(56)57)61-34-13-21-60-22-14-34/h3-10,12,16,23-25,27,34H,11,13-15,17-22,26,28H2,1-2H3,(H,49,50)(H,51,55). The zero-order chi connectivity index (χ0) is 44.5. The number of nitro groups is 1. The molecule has 0 saturated carbocycles. The number of carbonyl (C=O) groups is 1. The number of carbonyl (C=O) groups excluding carboxylic acids is 1. The van der Waals surface area contributed by atoms with Crippen molar-refractivity contribution in [2.24, 2.45) is 5.41 Å². The highest BCUT2D eigenvalue weighted by atomic mass is 32.2. The molecule has 1 aliphatic carbocycles. The molecule has 0 radical (unpaired) electrons. The van der Waals surface area contributed by atoms with Crippen molar-refractivity contribution in [1.29, 1.82) is 0 Å². The molecule has 18 heteroatoms. The molecule has 0 atom stereocenters. The Bertz CT molecular complexity index is 2650. The van der Waals surface area contributed by atoms with Crippen molar-refractivity contribution in [3.63, 3.8) is 0 Å². The van der Waals surface area contributed by atoms with Crippen LogP contribution in [0.3, 0.4) is 0 Å². The third-order valence-corrected chi connectivity index (χ3v) is 13.2. The largest absolute Gasteiger partial charge is 0.483 e. The second-order valence-corrected chi connectivity index (χ2v) is 18.6. The molecule has 5 aromatic rings. The van der Waals surface area contributed by atoms with E-state index in [1.165, 1.54) is 23.9 Å². The molecule has 0 spiro atoms. The van der Waals surface area contributed by atoms with Crippen molar-refractivity contribution in [3.05, 3.63) is 118 Å². The molecule has 8 rings (SSSR count). The number of hydrogen-bond donors (Lipinski definition) is 2. The number of pyridine rings is 1. The molecule has 332 valence electrons. The molecule has 2 aromatic heterocycles. The summed E-state index contributed by atoms with van der Waals surface area (Å²) in [5.41, 5.74) is 3.17. The van der Waals surface area contributed by atoms with E-state index in [-0.39, 0.29) is 28.6 Å². The minimum atomic E-state index is -4.63. The minimum absolute atomic E-state index is 0.0169. The second kappa shape index (κ2) is 17.7. The number of nitrogens with zero attached hydrogens (tertiary/aromatic N) is 4. The fraction of sp³-hybridized carbons (Fsp3) is 0.378. The van der Waals surface area contributed by atoms with Gasteiger partial charge in [-0.05, 0) is 84.3 Å². The van der Waals surface area contributed by atoms with Gasteiger partial charge in [-0.1, -0.05) is 31.6 Å². The number of aromatic amines is 1. The van der Waals surface area contributed by atoms with Crippen LogP contribution in [0.2, 0.25) is 0 Å². The Morgan fingerprint density at radius 2 is 1.75 bits per heavy atom. The number of benzene rings is 3. The maximum absolute atomic E-state index is 13.9. The number of piperazine rings is 1. The van der Waals surface area contributed by atoms with Crippen LogP contribution >= 0.6 is 0 Å². The van der Waals surface area contributed by atoms with Crippen molar-refractivity contribution in [2.75, 3.05) is 50.8 Å². The number of amides is 1. The molecule has 1 amide bonds. The number of aromatic nitrogens is 2. The SMILES string of the molecule is CC1(C)CCC(CN2CCN(c3ccc(C(=O)NS(=O)(=O)c4ccc(OC5CCOCC5)c([N+](=O)[O-])c4)c(Oc4cnc5[nH]ccc5c4)c3)CC2)=C(c2ccc(C(F)(F)F)cc2)C1. The minimum Gasteiger partial charge on any atom is -0.483 e. The van der Waals surface area contributed by atoms with Crippen LogP contribution in [0.5, 0.6) is 17.2 Å². The third kappa shape index (κ3) is 10.1. The van der Waals surface area contributed by atoms with Crippen LogP contribution in [0.15, 0.2) is 95.7 Å². The summed E-state index contributed by atoms with van der Waals surface area (Å²) in [6, 6.07) is 17.1. The number of sulfonamides is 1. The number of H-pyrrole nitrogens is 1. The van der Waals surface area contributed by atoms with Gasteiger partial charge in [0.1, 0.15) is 23.3 Å². The summed E-state index contributed by atoms with van der Waals surface area (Å²) < 4.78 is 86.8. The van der Waals surface area contributed by atoms with Gasteiger partial charge in [0.15, 0.2) is 5.75 Å². The summed E-state index contributed by atoms with van der Waals surface area (Å²) >= 11 is 0. The van der Waals surface area contributed by atoms with E-state index in [1.807, 2.05) is 0 Å². The summed E-state index contributed by atoms with van der Waals surface area (Å²) in [6.07, 6.45) is 2.10. The van der Waals surface area contributed by atoms with Crippen LogP contribution in [0.1, 0.15) is 67.4 Å². The lowest BCUT2D eigenvalue weighted by atomic mass is 9.72. The zero-order valence-corrected chi connectivity index (χ0v) is 35.6. The molecule has 63 heavy (non-hydrogen) atoms. The van der Waals surface area contributed by atoms with E-state index in [9.17, 15) is 36.5 Å². The van der Waals surface area contributed by atoms with Crippen LogP contribution in [-0.4, -0.2) is 86.2 Å². The number of allylic oxidation sites excluding steroid dienone is 1. The lowest BCUT2D eigenvalue weighted by molar-refractivity contribution is -0.386. The predicted molar refractivity (Wildman–Crippen MR) is 229 cm³/mol. The molecule has 0 bridgehead atoms. The maximum Gasteiger partial charge on any atom is 0.416 e. The number of fused-ring (bicyclic) bond motifs is 1. The van der Waals surface area contributed by atoms with E-state index < -0.39 is 43.2 Å². The van der Waals surface area contributed by atoms with Crippen LogP contribution in [-0.2, 0) is 20.9 Å². The summed E-state index contributed by atoms with van der Waals surface area (Å²) in [4.78, 5) is 36.5. The van der Waals surface area contributed by atoms with E-state index >= 15 is 0 Å². The molecule has 0 unspecified atom stereocenters. The number of hydrogen-bond acceptors (Lipinski definition) is 11. The maximum atomic E-state index is 13.9. The van der Waals surface area contributed by atoms with Gasteiger partial charge < -0.3 is 24.1 Å². The first-order valence-corrected chi connectivity index (χ1v) is 22.2. The Morgan fingerprint density at radius 1 is 1.00 bits per heavy atom. The molecule has 2 saturated heterocycles. The van der Waals surface area contributed by atoms with E-state index in [4.69, 9.17) is 14.2 Å². The van der Waals surface area contributed by atoms with Gasteiger partial charge in [-0.15, -0.1) is 0 Å². The first-order valence-electron chi connectivity index (χ1n) is 20.7. The number of nitro benzene ring substituents is 1. The Hall–Kier alpha value is -5.98. The monoisotopic (exact) mass is 888 g/mol. The van der Waals surface area contributed by atoms with Crippen LogP contribution in [0.25, 0.3) is 16.6 Å². The highest BCUT2D eigenvalue weighted by Crippen LogP contribution is 2.44. The Kier molecular flexibility index (Phi) is 12.2. The summed E-state index contributed by atoms with van der Waals surface area (Å²) in [5, 5.41) is 12.8. The number of alkyl halides is 3. The lowest BCUT2D eigenvalue weighted by Gasteiger charge is -2.39. The third-order valence-electron chi connectivity index (χ3n) is 11.8. The highest BCUT2D eigenvalue weighted by molar-refractivity contribution is 7.90. The number of nitrogens with one attached hydrogen (secondary N) is 2. The fourth-order valence-corrected chi connectivity index (χ4v) is 9.29. The quantitative estimate of drug-likeness (QED) is 0.0908. The second-order valence-electron chi connectivity index (χ2n) is 16.9. The topological polar surface area (TPSA) is 169 Å². The van der Waals surface area contributed by atoms with E-state index in [1.54, 1.807) is 42.6 Å². The molecule has 2 aliphatic heterocycles. The molecule has 3 aliphatic rings. The lowest BCUT2D eigenvalue weighted by Crippen LogP contribution is -2.47. The van der Waals surface area contributed by atoms with Gasteiger partial charge in [0.25, 0.3) is 15.9 Å². The highest BCUT2D eigenvalue weighted by Gasteiger charge is 2.33. The van der Waals surface area contributed by atoms with E-state index in [2.05, 4.69) is 38.3 Å². The average molecular weight is 889 g/mol. The zero-order valence-electron chi connectivity index (χ0n) is 34.7. The number of halogens is 3. The van der Waals surface area contributed by atoms with Gasteiger partial charge >= 0.3 is 11.9 Å². The fourth-order valence-electron chi connectivity index (χ4n) is 8.31. The molecule has 14 nitrogen and oxygen atoms in total. The number of rotatable bonds is 12. The number of ether oxygens (including phenoxy) is 3. The first-order chi connectivity index (χ1) is 30.0. The van der Waals surface area contributed by atoms with Gasteiger partial charge in [0.05, 0.1) is 40.4 Å². The molecule has 4 heterocycles. The van der Waals surface area contributed by atoms with Gasteiger partial charge in [-0.25, -0.2) is 18.1 Å². The average Bonchev–Trinajstić information content (AvgIpc) is 3.73. The van der Waals surface area contributed by atoms with Crippen LogP contribution in [0.4, 0.5) is 24.5 Å². The Labute approximate surface area is 362 Å². The summed E-state index contributed by atoms with van der Waals surface area (Å²) in [7, 11) is -4.63. The van der Waals surface area contributed by atoms with Gasteiger partial charge in [-0.2, -0.15) is 13.2 Å².